The van der Waals surface area contributed by atoms with Crippen molar-refractivity contribution < 1.29 is 0 Å². The lowest BCUT2D eigenvalue weighted by Gasteiger charge is -2.10. The maximum atomic E-state index is 4.76. The van der Waals surface area contributed by atoms with Crippen LogP contribution in [0.4, 0.5) is 0 Å². The molecule has 0 aliphatic carbocycles. The molecule has 0 radical (unpaired) electrons. The van der Waals surface area contributed by atoms with E-state index < -0.39 is 0 Å². The maximum Gasteiger partial charge on any atom is 0.178 e. The van der Waals surface area contributed by atoms with E-state index >= 15 is 0 Å². The molecule has 2 aromatic heterocycles. The van der Waals surface area contributed by atoms with Crippen LogP contribution in [0.2, 0.25) is 0 Å². The summed E-state index contributed by atoms with van der Waals surface area (Å²) in [5, 5.41) is 0. The molecule has 0 unspecified atom stereocenters. The first-order valence-corrected chi connectivity index (χ1v) is 7.70. The van der Waals surface area contributed by atoms with Crippen LogP contribution in [0.5, 0.6) is 0 Å². The molecule has 3 heteroatoms. The summed E-state index contributed by atoms with van der Waals surface area (Å²) in [5.41, 5.74) is 6.46. The van der Waals surface area contributed by atoms with Gasteiger partial charge in [-0.2, -0.15) is 0 Å². The van der Waals surface area contributed by atoms with Crippen molar-refractivity contribution in [2.75, 3.05) is 0 Å². The Kier molecular flexibility index (Phi) is 3.19. The Bertz CT molecular complexity index is 964. The van der Waals surface area contributed by atoms with Crippen LogP contribution < -0.4 is 0 Å². The van der Waals surface area contributed by atoms with Gasteiger partial charge in [0.2, 0.25) is 0 Å². The highest BCUT2D eigenvalue weighted by Crippen LogP contribution is 2.28. The van der Waals surface area contributed by atoms with Crippen molar-refractivity contribution in [1.29, 1.82) is 0 Å². The second-order valence-corrected chi connectivity index (χ2v) is 5.82. The molecule has 0 saturated carbocycles. The molecule has 2 aromatic carbocycles. The lowest BCUT2D eigenvalue weighted by molar-refractivity contribution is 1.10. The van der Waals surface area contributed by atoms with Gasteiger partial charge in [-0.15, -0.1) is 0 Å². The first kappa shape index (κ1) is 13.7. The van der Waals surface area contributed by atoms with Gasteiger partial charge >= 0.3 is 0 Å². The average Bonchev–Trinajstić information content (AvgIpc) is 2.96. The van der Waals surface area contributed by atoms with E-state index in [-0.39, 0.29) is 0 Å². The number of pyridine rings is 1. The number of fused-ring (bicyclic) bond motifs is 1. The number of rotatable bonds is 2. The van der Waals surface area contributed by atoms with Crippen LogP contribution in [0.25, 0.3) is 28.2 Å². The molecule has 23 heavy (non-hydrogen) atoms. The fraction of sp³-hybridized carbons (Fsp3) is 0.100. The second-order valence-electron chi connectivity index (χ2n) is 5.82. The van der Waals surface area contributed by atoms with E-state index in [1.54, 1.807) is 6.20 Å². The summed E-state index contributed by atoms with van der Waals surface area (Å²) in [6.45, 7) is 4.19. The zero-order valence-electron chi connectivity index (χ0n) is 13.2. The Morgan fingerprint density at radius 2 is 1.43 bits per heavy atom. The number of nitrogens with zero attached hydrogens (tertiary/aromatic N) is 3. The van der Waals surface area contributed by atoms with E-state index in [1.807, 2.05) is 6.07 Å². The van der Waals surface area contributed by atoms with Crippen molar-refractivity contribution in [3.63, 3.8) is 0 Å². The molecule has 4 aromatic rings. The van der Waals surface area contributed by atoms with Gasteiger partial charge in [0.25, 0.3) is 0 Å². The number of imidazole rings is 1. The van der Waals surface area contributed by atoms with E-state index in [1.165, 1.54) is 11.1 Å². The Labute approximate surface area is 135 Å². The maximum absolute atomic E-state index is 4.76. The molecule has 2 heterocycles. The zero-order valence-corrected chi connectivity index (χ0v) is 13.2. The fourth-order valence-electron chi connectivity index (χ4n) is 2.77. The summed E-state index contributed by atoms with van der Waals surface area (Å²) in [6, 6.07) is 21.0. The molecule has 4 rings (SSSR count). The predicted octanol–water partition coefficient (Wildman–Crippen LogP) is 4.70. The van der Waals surface area contributed by atoms with Crippen LogP contribution in [0.15, 0.2) is 66.9 Å². The number of aryl methyl sites for hydroxylation is 2. The van der Waals surface area contributed by atoms with Gasteiger partial charge in [0.05, 0.1) is 5.52 Å². The van der Waals surface area contributed by atoms with Crippen molar-refractivity contribution in [2.45, 2.75) is 13.8 Å². The molecule has 0 N–H and O–H groups in total. The molecule has 3 nitrogen and oxygen atoms in total. The van der Waals surface area contributed by atoms with Crippen molar-refractivity contribution in [1.82, 2.24) is 14.5 Å². The zero-order chi connectivity index (χ0) is 15.8. The summed E-state index contributed by atoms with van der Waals surface area (Å²) in [4.78, 5) is 9.18. The minimum atomic E-state index is 0.767. The van der Waals surface area contributed by atoms with Crippen LogP contribution in [-0.2, 0) is 0 Å². The summed E-state index contributed by atoms with van der Waals surface area (Å²) in [7, 11) is 0. The van der Waals surface area contributed by atoms with E-state index in [2.05, 4.69) is 78.0 Å². The van der Waals surface area contributed by atoms with E-state index in [0.717, 1.165) is 28.2 Å². The standard InChI is InChI=1S/C20H17N3/c1-14-5-9-16(10-6-14)20-22-19-18(4-3-13-21-19)23(20)17-11-7-15(2)8-12-17/h3-13H,1-2H3. The number of hydrogen-bond acceptors (Lipinski definition) is 2. The minimum absolute atomic E-state index is 0.767. The highest BCUT2D eigenvalue weighted by atomic mass is 15.1. The van der Waals surface area contributed by atoms with Crippen LogP contribution >= 0.6 is 0 Å². The van der Waals surface area contributed by atoms with Crippen molar-refractivity contribution >= 4 is 11.2 Å². The van der Waals surface area contributed by atoms with Gasteiger partial charge in [-0.3, -0.25) is 4.57 Å². The topological polar surface area (TPSA) is 30.7 Å². The molecule has 112 valence electrons. The normalized spacial score (nSPS) is 11.0. The van der Waals surface area contributed by atoms with E-state index in [0.29, 0.717) is 0 Å². The summed E-state index contributed by atoms with van der Waals surface area (Å²) < 4.78 is 2.17. The first-order valence-electron chi connectivity index (χ1n) is 7.70. The summed E-state index contributed by atoms with van der Waals surface area (Å²) >= 11 is 0. The van der Waals surface area contributed by atoms with Gasteiger partial charge in [0.1, 0.15) is 5.82 Å². The summed E-state index contributed by atoms with van der Waals surface area (Å²) in [5.74, 6) is 0.919. The number of aromatic nitrogens is 3. The second kappa shape index (κ2) is 5.36. The quantitative estimate of drug-likeness (QED) is 0.537. The van der Waals surface area contributed by atoms with Crippen LogP contribution in [-0.4, -0.2) is 14.5 Å². The van der Waals surface area contributed by atoms with Gasteiger partial charge in [-0.25, -0.2) is 9.97 Å². The monoisotopic (exact) mass is 299 g/mol. The predicted molar refractivity (Wildman–Crippen MR) is 93.8 cm³/mol. The van der Waals surface area contributed by atoms with E-state index in [4.69, 9.17) is 4.98 Å². The smallest absolute Gasteiger partial charge is 0.178 e. The number of benzene rings is 2. The third-order valence-electron chi connectivity index (χ3n) is 4.03. The van der Waals surface area contributed by atoms with Gasteiger partial charge < -0.3 is 0 Å². The Balaban J connectivity index is 2.01. The molecule has 0 aliphatic heterocycles. The first-order chi connectivity index (χ1) is 11.2. The SMILES string of the molecule is Cc1ccc(-c2nc3ncccc3n2-c2ccc(C)cc2)cc1. The number of hydrogen-bond donors (Lipinski definition) is 0. The average molecular weight is 299 g/mol. The molecule has 0 amide bonds. The molecule has 0 aliphatic rings. The summed E-state index contributed by atoms with van der Waals surface area (Å²) in [6.07, 6.45) is 1.79. The molecule has 0 atom stereocenters. The van der Waals surface area contributed by atoms with Crippen LogP contribution in [0, 0.1) is 13.8 Å². The third-order valence-corrected chi connectivity index (χ3v) is 4.03. The lowest BCUT2D eigenvalue weighted by Crippen LogP contribution is -1.97. The molecular formula is C20H17N3. The van der Waals surface area contributed by atoms with Crippen molar-refractivity contribution in [2.24, 2.45) is 0 Å². The van der Waals surface area contributed by atoms with Crippen molar-refractivity contribution in [3.05, 3.63) is 78.0 Å². The molecule has 0 saturated heterocycles. The molecule has 0 fully saturated rings. The van der Waals surface area contributed by atoms with Crippen LogP contribution in [0.1, 0.15) is 11.1 Å². The fourth-order valence-corrected chi connectivity index (χ4v) is 2.77. The van der Waals surface area contributed by atoms with E-state index in [9.17, 15) is 0 Å². The molecule has 0 spiro atoms. The highest BCUT2D eigenvalue weighted by molar-refractivity contribution is 5.80. The van der Waals surface area contributed by atoms with Gasteiger partial charge in [-0.1, -0.05) is 47.5 Å². The Morgan fingerprint density at radius 1 is 0.783 bits per heavy atom. The third kappa shape index (κ3) is 2.40. The Hall–Kier alpha value is -2.94. The van der Waals surface area contributed by atoms with Gasteiger partial charge in [-0.05, 0) is 38.1 Å². The van der Waals surface area contributed by atoms with Crippen molar-refractivity contribution in [3.8, 4) is 17.1 Å². The Morgan fingerprint density at radius 3 is 2.13 bits per heavy atom. The molecular weight excluding hydrogens is 282 g/mol. The highest BCUT2D eigenvalue weighted by Gasteiger charge is 2.14. The van der Waals surface area contributed by atoms with Crippen LogP contribution in [0.3, 0.4) is 0 Å². The molecule has 0 bridgehead atoms. The largest absolute Gasteiger partial charge is 0.291 e. The lowest BCUT2D eigenvalue weighted by atomic mass is 10.1. The van der Waals surface area contributed by atoms with Gasteiger partial charge in [0, 0.05) is 17.4 Å². The minimum Gasteiger partial charge on any atom is -0.291 e. The van der Waals surface area contributed by atoms with Gasteiger partial charge in [0.15, 0.2) is 5.65 Å².